The fourth-order valence-corrected chi connectivity index (χ4v) is 4.66. The first-order chi connectivity index (χ1) is 14.1. The lowest BCUT2D eigenvalue weighted by Gasteiger charge is -2.22. The molecule has 1 aliphatic heterocycles. The number of aryl methyl sites for hydroxylation is 1. The van der Waals surface area contributed by atoms with E-state index in [1.807, 2.05) is 0 Å². The van der Waals surface area contributed by atoms with E-state index in [1.165, 1.54) is 24.3 Å². The van der Waals surface area contributed by atoms with Crippen LogP contribution in [0.4, 0.5) is 18.9 Å². The molecule has 2 aromatic rings. The second kappa shape index (κ2) is 8.65. The zero-order valence-electron chi connectivity index (χ0n) is 16.2. The van der Waals surface area contributed by atoms with Gasteiger partial charge >= 0.3 is 6.18 Å². The van der Waals surface area contributed by atoms with Crippen molar-refractivity contribution >= 4 is 21.6 Å². The second-order valence-corrected chi connectivity index (χ2v) is 8.68. The number of fused-ring (bicyclic) bond motifs is 1. The molecule has 30 heavy (non-hydrogen) atoms. The van der Waals surface area contributed by atoms with E-state index in [0.29, 0.717) is 18.8 Å². The molecule has 0 fully saturated rings. The molecule has 162 valence electrons. The van der Waals surface area contributed by atoms with Crippen LogP contribution in [0.3, 0.4) is 0 Å². The molecule has 0 spiro atoms. The van der Waals surface area contributed by atoms with Gasteiger partial charge in [-0.1, -0.05) is 19.1 Å². The van der Waals surface area contributed by atoms with E-state index >= 15 is 0 Å². The van der Waals surface area contributed by atoms with Crippen LogP contribution in [-0.2, 0) is 27.4 Å². The first kappa shape index (κ1) is 22.1. The molecular formula is C20H21F3N2O4S. The van der Waals surface area contributed by atoms with Gasteiger partial charge in [0.1, 0.15) is 5.75 Å². The molecular weight excluding hydrogens is 421 g/mol. The Morgan fingerprint density at radius 3 is 2.63 bits per heavy atom. The van der Waals surface area contributed by atoms with Crippen molar-refractivity contribution in [3.8, 4) is 5.75 Å². The zero-order chi connectivity index (χ0) is 21.9. The highest BCUT2D eigenvalue weighted by Crippen LogP contribution is 2.34. The van der Waals surface area contributed by atoms with Gasteiger partial charge in [-0.3, -0.25) is 4.79 Å². The van der Waals surface area contributed by atoms with E-state index in [-0.39, 0.29) is 11.4 Å². The Morgan fingerprint density at radius 1 is 1.20 bits per heavy atom. The van der Waals surface area contributed by atoms with Gasteiger partial charge in [0.15, 0.2) is 0 Å². The van der Waals surface area contributed by atoms with E-state index in [1.54, 1.807) is 13.0 Å². The maximum Gasteiger partial charge on any atom is 0.418 e. The average molecular weight is 442 g/mol. The average Bonchev–Trinajstić information content (AvgIpc) is 2.71. The predicted octanol–water partition coefficient (Wildman–Crippen LogP) is 3.68. The SMILES string of the molecule is CCN(CC(=O)Nc1ccccc1C(F)(F)F)S(=O)(=O)c1ccc2c(c1)CCCO2. The number of ether oxygens (including phenoxy) is 1. The summed E-state index contributed by atoms with van der Waals surface area (Å²) in [5.41, 5.74) is -0.657. The summed E-state index contributed by atoms with van der Waals surface area (Å²) >= 11 is 0. The summed E-state index contributed by atoms with van der Waals surface area (Å²) in [7, 11) is -4.02. The van der Waals surface area contributed by atoms with Crippen molar-refractivity contribution in [1.29, 1.82) is 0 Å². The minimum atomic E-state index is -4.65. The van der Waals surface area contributed by atoms with E-state index < -0.39 is 39.9 Å². The van der Waals surface area contributed by atoms with Crippen molar-refractivity contribution in [3.63, 3.8) is 0 Å². The summed E-state index contributed by atoms with van der Waals surface area (Å²) in [6.45, 7) is 1.48. The Hall–Kier alpha value is -2.59. The monoisotopic (exact) mass is 442 g/mol. The van der Waals surface area contributed by atoms with Gasteiger partial charge in [-0.05, 0) is 48.7 Å². The lowest BCUT2D eigenvalue weighted by molar-refractivity contribution is -0.137. The van der Waals surface area contributed by atoms with Crippen molar-refractivity contribution in [1.82, 2.24) is 4.31 Å². The molecule has 1 amide bonds. The molecule has 3 rings (SSSR count). The molecule has 0 saturated carbocycles. The molecule has 0 saturated heterocycles. The molecule has 2 aromatic carbocycles. The summed E-state index contributed by atoms with van der Waals surface area (Å²) in [4.78, 5) is 12.4. The number of nitrogens with one attached hydrogen (secondary N) is 1. The molecule has 1 N–H and O–H groups in total. The fourth-order valence-electron chi connectivity index (χ4n) is 3.20. The van der Waals surface area contributed by atoms with Crippen LogP contribution in [0, 0.1) is 0 Å². The van der Waals surface area contributed by atoms with Crippen LogP contribution < -0.4 is 10.1 Å². The molecule has 0 aromatic heterocycles. The first-order valence-electron chi connectivity index (χ1n) is 9.35. The number of nitrogens with zero attached hydrogens (tertiary/aromatic N) is 1. The largest absolute Gasteiger partial charge is 0.493 e. The maximum atomic E-state index is 13.1. The van der Waals surface area contributed by atoms with Crippen molar-refractivity contribution in [2.24, 2.45) is 0 Å². The molecule has 10 heteroatoms. The number of hydrogen-bond donors (Lipinski definition) is 1. The van der Waals surface area contributed by atoms with Crippen LogP contribution in [0.25, 0.3) is 0 Å². The molecule has 6 nitrogen and oxygen atoms in total. The highest BCUT2D eigenvalue weighted by molar-refractivity contribution is 7.89. The van der Waals surface area contributed by atoms with Gasteiger partial charge < -0.3 is 10.1 Å². The maximum absolute atomic E-state index is 13.1. The summed E-state index contributed by atoms with van der Waals surface area (Å²) < 4.78 is 71.7. The minimum absolute atomic E-state index is 0.0112. The highest BCUT2D eigenvalue weighted by Gasteiger charge is 2.34. The van der Waals surface area contributed by atoms with Crippen molar-refractivity contribution in [2.45, 2.75) is 30.8 Å². The molecule has 0 atom stereocenters. The number of alkyl halides is 3. The van der Waals surface area contributed by atoms with E-state index in [0.717, 1.165) is 28.4 Å². The third kappa shape index (κ3) is 4.76. The number of para-hydroxylation sites is 1. The van der Waals surface area contributed by atoms with Crippen LogP contribution >= 0.6 is 0 Å². The van der Waals surface area contributed by atoms with E-state index in [2.05, 4.69) is 5.32 Å². The van der Waals surface area contributed by atoms with Crippen LogP contribution in [0.2, 0.25) is 0 Å². The highest BCUT2D eigenvalue weighted by atomic mass is 32.2. The quantitative estimate of drug-likeness (QED) is 0.741. The van der Waals surface area contributed by atoms with Crippen molar-refractivity contribution in [3.05, 3.63) is 53.6 Å². The van der Waals surface area contributed by atoms with E-state index in [9.17, 15) is 26.4 Å². The number of carbonyl (C=O) groups is 1. The number of amides is 1. The molecule has 0 bridgehead atoms. The third-order valence-electron chi connectivity index (χ3n) is 4.70. The van der Waals surface area contributed by atoms with Crippen LogP contribution in [0.1, 0.15) is 24.5 Å². The Labute approximate surface area is 172 Å². The van der Waals surface area contributed by atoms with Crippen molar-refractivity contribution < 1.29 is 31.1 Å². The van der Waals surface area contributed by atoms with Gasteiger partial charge in [0.05, 0.1) is 29.3 Å². The summed E-state index contributed by atoms with van der Waals surface area (Å²) in [5.74, 6) is -0.233. The molecule has 1 aliphatic rings. The summed E-state index contributed by atoms with van der Waals surface area (Å²) in [5, 5.41) is 2.17. The number of hydrogen-bond acceptors (Lipinski definition) is 4. The van der Waals surface area contributed by atoms with Crippen LogP contribution in [-0.4, -0.2) is 38.3 Å². The molecule has 0 unspecified atom stereocenters. The fraction of sp³-hybridized carbons (Fsp3) is 0.350. The van der Waals surface area contributed by atoms with Gasteiger partial charge in [-0.2, -0.15) is 17.5 Å². The summed E-state index contributed by atoms with van der Waals surface area (Å²) in [6.07, 6.45) is -3.19. The standard InChI is InChI=1S/C20H21F3N2O4S/c1-2-25(13-19(26)24-17-8-4-3-7-16(17)20(21,22)23)30(27,28)15-9-10-18-14(12-15)6-5-11-29-18/h3-4,7-10,12H,2,5-6,11,13H2,1H3,(H,24,26). The number of benzene rings is 2. The topological polar surface area (TPSA) is 75.7 Å². The van der Waals surface area contributed by atoms with Crippen LogP contribution in [0.15, 0.2) is 47.4 Å². The minimum Gasteiger partial charge on any atom is -0.493 e. The van der Waals surface area contributed by atoms with Gasteiger partial charge in [-0.25, -0.2) is 8.42 Å². The number of rotatable bonds is 6. The lowest BCUT2D eigenvalue weighted by atomic mass is 10.1. The lowest BCUT2D eigenvalue weighted by Crippen LogP contribution is -2.38. The molecule has 1 heterocycles. The van der Waals surface area contributed by atoms with Gasteiger partial charge in [0.2, 0.25) is 15.9 Å². The van der Waals surface area contributed by atoms with E-state index in [4.69, 9.17) is 4.74 Å². The zero-order valence-corrected chi connectivity index (χ0v) is 17.0. The Kier molecular flexibility index (Phi) is 6.37. The second-order valence-electron chi connectivity index (χ2n) is 6.74. The van der Waals surface area contributed by atoms with Gasteiger partial charge in [0.25, 0.3) is 0 Å². The van der Waals surface area contributed by atoms with Gasteiger partial charge in [-0.15, -0.1) is 0 Å². The molecule has 0 aliphatic carbocycles. The first-order valence-corrected chi connectivity index (χ1v) is 10.8. The normalized spacial score (nSPS) is 14.2. The van der Waals surface area contributed by atoms with Gasteiger partial charge in [0, 0.05) is 6.54 Å². The predicted molar refractivity (Wildman–Crippen MR) is 105 cm³/mol. The number of carbonyl (C=O) groups excluding carboxylic acids is 1. The Morgan fingerprint density at radius 2 is 1.93 bits per heavy atom. The van der Waals surface area contributed by atoms with Crippen LogP contribution in [0.5, 0.6) is 5.75 Å². The Balaban J connectivity index is 1.79. The van der Waals surface area contributed by atoms with Crippen molar-refractivity contribution in [2.75, 3.05) is 25.0 Å². The smallest absolute Gasteiger partial charge is 0.418 e. The third-order valence-corrected chi connectivity index (χ3v) is 6.61. The molecule has 0 radical (unpaired) electrons. The number of halogens is 3. The number of sulfonamides is 1. The Bertz CT molecular complexity index is 1040. The number of anilines is 1. The number of likely N-dealkylation sites (N-methyl/N-ethyl adjacent to an activating group) is 1. The summed E-state index contributed by atoms with van der Waals surface area (Å²) in [6, 6.07) is 9.03.